The summed E-state index contributed by atoms with van der Waals surface area (Å²) >= 11 is 0. The molecule has 5 nitrogen and oxygen atoms in total. The maximum atomic E-state index is 12.8. The van der Waals surface area contributed by atoms with Gasteiger partial charge in [-0.2, -0.15) is 0 Å². The van der Waals surface area contributed by atoms with Crippen LogP contribution in [0.3, 0.4) is 0 Å². The highest BCUT2D eigenvalue weighted by Crippen LogP contribution is 2.20. The number of hydrogen-bond donors (Lipinski definition) is 1. The van der Waals surface area contributed by atoms with Gasteiger partial charge in [0.2, 0.25) is 0 Å². The van der Waals surface area contributed by atoms with Crippen LogP contribution in [-0.2, 0) is 16.4 Å². The van der Waals surface area contributed by atoms with E-state index in [-0.39, 0.29) is 4.90 Å². The molecule has 1 N–H and O–H groups in total. The van der Waals surface area contributed by atoms with Gasteiger partial charge < -0.3 is 5.21 Å². The van der Waals surface area contributed by atoms with Gasteiger partial charge in [-0.3, -0.25) is 0 Å². The molecule has 0 atom stereocenters. The lowest BCUT2D eigenvalue weighted by molar-refractivity contribution is 0.318. The Morgan fingerprint density at radius 1 is 1.00 bits per heavy atom. The Hall–Kier alpha value is -2.86. The molecule has 0 radical (unpaired) electrons. The Labute approximate surface area is 153 Å². The van der Waals surface area contributed by atoms with E-state index in [1.54, 1.807) is 43.5 Å². The standard InChI is InChI=1S/C20H20N2O3S/c1-15-12-13-22(16(15)2)26(24,25)19-10-8-17(9-11-19)14-20(21-23)18-6-4-3-5-7-18/h3-13,23H,14H2,1-2H3. The number of hydrogen-bond acceptors (Lipinski definition) is 4. The van der Waals surface area contributed by atoms with E-state index < -0.39 is 10.0 Å². The summed E-state index contributed by atoms with van der Waals surface area (Å²) in [4.78, 5) is 0.224. The van der Waals surface area contributed by atoms with Crippen molar-refractivity contribution in [3.05, 3.63) is 89.2 Å². The summed E-state index contributed by atoms with van der Waals surface area (Å²) in [5, 5.41) is 12.7. The van der Waals surface area contributed by atoms with Gasteiger partial charge in [0.15, 0.2) is 0 Å². The van der Waals surface area contributed by atoms with Gasteiger partial charge >= 0.3 is 0 Å². The lowest BCUT2D eigenvalue weighted by atomic mass is 10.0. The number of aromatic nitrogens is 1. The second kappa shape index (κ2) is 7.17. The predicted molar refractivity (Wildman–Crippen MR) is 101 cm³/mol. The molecule has 134 valence electrons. The fourth-order valence-corrected chi connectivity index (χ4v) is 4.19. The summed E-state index contributed by atoms with van der Waals surface area (Å²) in [6.45, 7) is 3.66. The summed E-state index contributed by atoms with van der Waals surface area (Å²) in [6.07, 6.45) is 1.97. The third-order valence-corrected chi connectivity index (χ3v) is 6.22. The van der Waals surface area contributed by atoms with Gasteiger partial charge in [-0.15, -0.1) is 0 Å². The minimum absolute atomic E-state index is 0.224. The quantitative estimate of drug-likeness (QED) is 0.423. The first-order chi connectivity index (χ1) is 12.4. The van der Waals surface area contributed by atoms with E-state index in [0.29, 0.717) is 17.8 Å². The monoisotopic (exact) mass is 368 g/mol. The molecule has 0 fully saturated rings. The van der Waals surface area contributed by atoms with Crippen LogP contribution in [0.2, 0.25) is 0 Å². The Balaban J connectivity index is 1.86. The van der Waals surface area contributed by atoms with E-state index in [1.807, 2.05) is 37.3 Å². The van der Waals surface area contributed by atoms with Gasteiger partial charge in [0, 0.05) is 18.3 Å². The molecule has 0 saturated heterocycles. The van der Waals surface area contributed by atoms with Gasteiger partial charge in [0.25, 0.3) is 10.0 Å². The third kappa shape index (κ3) is 3.41. The molecular weight excluding hydrogens is 348 g/mol. The van der Waals surface area contributed by atoms with Gasteiger partial charge in [0.05, 0.1) is 10.6 Å². The van der Waals surface area contributed by atoms with Gasteiger partial charge in [0.1, 0.15) is 0 Å². The van der Waals surface area contributed by atoms with Gasteiger partial charge in [-0.1, -0.05) is 47.6 Å². The van der Waals surface area contributed by atoms with Crippen molar-refractivity contribution in [1.29, 1.82) is 0 Å². The van der Waals surface area contributed by atoms with Crippen LogP contribution in [0.1, 0.15) is 22.4 Å². The molecule has 26 heavy (non-hydrogen) atoms. The first-order valence-corrected chi connectivity index (χ1v) is 9.63. The summed E-state index contributed by atoms with van der Waals surface area (Å²) in [5.74, 6) is 0. The molecule has 3 aromatic rings. The zero-order valence-electron chi connectivity index (χ0n) is 14.6. The van der Waals surface area contributed by atoms with E-state index in [1.165, 1.54) is 3.97 Å². The highest BCUT2D eigenvalue weighted by molar-refractivity contribution is 7.90. The summed E-state index contributed by atoms with van der Waals surface area (Å²) in [5.41, 5.74) is 3.84. The average molecular weight is 368 g/mol. The summed E-state index contributed by atoms with van der Waals surface area (Å²) in [7, 11) is -3.61. The van der Waals surface area contributed by atoms with E-state index in [0.717, 1.165) is 16.7 Å². The molecule has 6 heteroatoms. The van der Waals surface area contributed by atoms with Crippen LogP contribution in [0, 0.1) is 13.8 Å². The lowest BCUT2D eigenvalue weighted by Crippen LogP contribution is -2.14. The SMILES string of the molecule is Cc1ccn(S(=O)(=O)c2ccc(CC(=NO)c3ccccc3)cc2)c1C. The van der Waals surface area contributed by atoms with E-state index in [9.17, 15) is 13.6 Å². The van der Waals surface area contributed by atoms with Crippen LogP contribution in [0.15, 0.2) is 76.9 Å². The topological polar surface area (TPSA) is 71.7 Å². The van der Waals surface area contributed by atoms with Crippen molar-refractivity contribution in [1.82, 2.24) is 3.97 Å². The number of aryl methyl sites for hydroxylation is 1. The predicted octanol–water partition coefficient (Wildman–Crippen LogP) is 3.76. The molecule has 3 rings (SSSR count). The first-order valence-electron chi connectivity index (χ1n) is 8.19. The average Bonchev–Trinajstić information content (AvgIpc) is 3.00. The maximum absolute atomic E-state index is 12.8. The number of benzene rings is 2. The molecule has 0 bridgehead atoms. The fourth-order valence-electron chi connectivity index (χ4n) is 2.76. The fraction of sp³-hybridized carbons (Fsp3) is 0.150. The zero-order chi connectivity index (χ0) is 18.7. The highest BCUT2D eigenvalue weighted by atomic mass is 32.2. The smallest absolute Gasteiger partial charge is 0.267 e. The van der Waals surface area contributed by atoms with E-state index in [4.69, 9.17) is 0 Å². The van der Waals surface area contributed by atoms with Crippen LogP contribution < -0.4 is 0 Å². The third-order valence-electron chi connectivity index (χ3n) is 4.44. The van der Waals surface area contributed by atoms with E-state index >= 15 is 0 Å². The molecule has 0 aliphatic heterocycles. The zero-order valence-corrected chi connectivity index (χ0v) is 15.4. The molecule has 0 saturated carbocycles. The molecule has 0 unspecified atom stereocenters. The van der Waals surface area contributed by atoms with E-state index in [2.05, 4.69) is 5.16 Å². The van der Waals surface area contributed by atoms with Crippen molar-refractivity contribution >= 4 is 15.7 Å². The maximum Gasteiger partial charge on any atom is 0.267 e. The Morgan fingerprint density at radius 2 is 1.65 bits per heavy atom. The van der Waals surface area contributed by atoms with Gasteiger partial charge in [-0.25, -0.2) is 12.4 Å². The van der Waals surface area contributed by atoms with Crippen LogP contribution in [0.5, 0.6) is 0 Å². The van der Waals surface area contributed by atoms with Crippen molar-refractivity contribution in [3.8, 4) is 0 Å². The molecule has 0 aliphatic rings. The van der Waals surface area contributed by atoms with Crippen molar-refractivity contribution < 1.29 is 13.6 Å². The molecule has 0 amide bonds. The van der Waals surface area contributed by atoms with Crippen molar-refractivity contribution in [2.24, 2.45) is 5.16 Å². The minimum Gasteiger partial charge on any atom is -0.411 e. The van der Waals surface area contributed by atoms with Crippen molar-refractivity contribution in [2.75, 3.05) is 0 Å². The lowest BCUT2D eigenvalue weighted by Gasteiger charge is -2.10. The summed E-state index contributed by atoms with van der Waals surface area (Å²) < 4.78 is 26.9. The van der Waals surface area contributed by atoms with Crippen LogP contribution in [0.4, 0.5) is 0 Å². The highest BCUT2D eigenvalue weighted by Gasteiger charge is 2.19. The normalized spacial score (nSPS) is 12.3. The van der Waals surface area contributed by atoms with Crippen LogP contribution >= 0.6 is 0 Å². The minimum atomic E-state index is -3.61. The van der Waals surface area contributed by atoms with Crippen LogP contribution in [0.25, 0.3) is 0 Å². The Morgan fingerprint density at radius 3 is 2.19 bits per heavy atom. The largest absolute Gasteiger partial charge is 0.411 e. The number of rotatable bonds is 5. The molecule has 0 aliphatic carbocycles. The molecule has 1 heterocycles. The number of nitrogens with zero attached hydrogens (tertiary/aromatic N) is 2. The van der Waals surface area contributed by atoms with Crippen LogP contribution in [-0.4, -0.2) is 23.3 Å². The first kappa shape index (κ1) is 17.9. The second-order valence-electron chi connectivity index (χ2n) is 6.12. The summed E-state index contributed by atoms with van der Waals surface area (Å²) in [6, 6.07) is 17.8. The second-order valence-corrected chi connectivity index (χ2v) is 7.93. The number of oxime groups is 1. The molecule has 1 aromatic heterocycles. The molecule has 0 spiro atoms. The molecule has 2 aromatic carbocycles. The van der Waals surface area contributed by atoms with Gasteiger partial charge in [-0.05, 0) is 48.7 Å². The van der Waals surface area contributed by atoms with Crippen molar-refractivity contribution in [3.63, 3.8) is 0 Å². The Bertz CT molecular complexity index is 1030. The van der Waals surface area contributed by atoms with Crippen molar-refractivity contribution in [2.45, 2.75) is 25.2 Å². The molecular formula is C20H20N2O3S. The Kier molecular flexibility index (Phi) is 4.95.